The quantitative estimate of drug-likeness (QED) is 0.757. The number of pyridine rings is 2. The molecule has 0 radical (unpaired) electrons. The fraction of sp³-hybridized carbons (Fsp3) is 0.333. The van der Waals surface area contributed by atoms with Gasteiger partial charge in [-0.05, 0) is 44.2 Å². The highest BCUT2D eigenvalue weighted by Gasteiger charge is 2.28. The molecule has 6 heteroatoms. The molecule has 0 aliphatic carbocycles. The van der Waals surface area contributed by atoms with E-state index in [1.165, 1.54) is 6.07 Å². The maximum atomic E-state index is 11.2. The molecule has 3 heterocycles. The van der Waals surface area contributed by atoms with Crippen molar-refractivity contribution in [3.63, 3.8) is 0 Å². The molecule has 6 nitrogen and oxygen atoms in total. The Morgan fingerprint density at radius 1 is 0.889 bits per heavy atom. The molecule has 1 N–H and O–H groups in total. The van der Waals surface area contributed by atoms with Crippen molar-refractivity contribution in [3.05, 3.63) is 71.4 Å². The van der Waals surface area contributed by atoms with E-state index in [9.17, 15) is 9.90 Å². The SMILES string of the molecule is CC(C)(C)c1ccn(-c2cccc(C(C)(C)c3cccc(C(=O)O)n3)n2)n1. The lowest BCUT2D eigenvalue weighted by molar-refractivity contribution is 0.0690. The summed E-state index contributed by atoms with van der Waals surface area (Å²) in [5.74, 6) is -0.328. The van der Waals surface area contributed by atoms with Gasteiger partial charge in [0.15, 0.2) is 5.82 Å². The van der Waals surface area contributed by atoms with Crippen molar-refractivity contribution < 1.29 is 9.90 Å². The first-order valence-corrected chi connectivity index (χ1v) is 8.84. The highest BCUT2D eigenvalue weighted by Crippen LogP contribution is 2.29. The summed E-state index contributed by atoms with van der Waals surface area (Å²) in [6.45, 7) is 10.3. The van der Waals surface area contributed by atoms with Gasteiger partial charge in [0.05, 0.1) is 17.1 Å². The number of rotatable bonds is 4. The molecule has 0 bridgehead atoms. The molecule has 0 saturated heterocycles. The summed E-state index contributed by atoms with van der Waals surface area (Å²) in [5.41, 5.74) is 1.87. The van der Waals surface area contributed by atoms with Crippen molar-refractivity contribution in [1.82, 2.24) is 19.7 Å². The minimum absolute atomic E-state index is 0.0265. The molecule has 0 aliphatic heterocycles. The van der Waals surface area contributed by atoms with Gasteiger partial charge in [-0.2, -0.15) is 5.10 Å². The van der Waals surface area contributed by atoms with E-state index in [2.05, 4.69) is 30.9 Å². The van der Waals surface area contributed by atoms with Crippen molar-refractivity contribution in [2.45, 2.75) is 45.4 Å². The average Bonchev–Trinajstić information content (AvgIpc) is 3.12. The van der Waals surface area contributed by atoms with Crippen molar-refractivity contribution in [2.24, 2.45) is 0 Å². The van der Waals surface area contributed by atoms with Gasteiger partial charge in [-0.25, -0.2) is 19.4 Å². The molecule has 3 aromatic rings. The van der Waals surface area contributed by atoms with E-state index in [1.807, 2.05) is 50.4 Å². The van der Waals surface area contributed by atoms with Crippen LogP contribution < -0.4 is 0 Å². The molecule has 0 aliphatic rings. The van der Waals surface area contributed by atoms with Gasteiger partial charge in [0, 0.05) is 17.0 Å². The van der Waals surface area contributed by atoms with Crippen molar-refractivity contribution >= 4 is 5.97 Å². The smallest absolute Gasteiger partial charge is 0.354 e. The maximum Gasteiger partial charge on any atom is 0.354 e. The van der Waals surface area contributed by atoms with Crippen LogP contribution in [0.5, 0.6) is 0 Å². The van der Waals surface area contributed by atoms with Crippen LogP contribution in [0.3, 0.4) is 0 Å². The van der Waals surface area contributed by atoms with Gasteiger partial charge in [-0.3, -0.25) is 0 Å². The Balaban J connectivity index is 2.00. The lowest BCUT2D eigenvalue weighted by Crippen LogP contribution is -2.24. The second-order valence-electron chi connectivity index (χ2n) is 8.11. The Hall–Kier alpha value is -3.02. The van der Waals surface area contributed by atoms with Gasteiger partial charge in [0.1, 0.15) is 5.69 Å². The molecule has 0 atom stereocenters. The van der Waals surface area contributed by atoms with Gasteiger partial charge in [0.25, 0.3) is 0 Å². The maximum absolute atomic E-state index is 11.2. The number of nitrogens with zero attached hydrogens (tertiary/aromatic N) is 4. The lowest BCUT2D eigenvalue weighted by Gasteiger charge is -2.24. The summed E-state index contributed by atoms with van der Waals surface area (Å²) in [7, 11) is 0. The van der Waals surface area contributed by atoms with Crippen molar-refractivity contribution in [3.8, 4) is 5.82 Å². The zero-order chi connectivity index (χ0) is 19.8. The van der Waals surface area contributed by atoms with Crippen LogP contribution in [0.2, 0.25) is 0 Å². The van der Waals surface area contributed by atoms with Crippen LogP contribution in [0, 0.1) is 0 Å². The third-order valence-corrected chi connectivity index (χ3v) is 4.58. The van der Waals surface area contributed by atoms with Crippen LogP contribution in [-0.2, 0) is 10.8 Å². The Kier molecular flexibility index (Phi) is 4.59. The number of aromatic carboxylic acids is 1. The largest absolute Gasteiger partial charge is 0.477 e. The van der Waals surface area contributed by atoms with Gasteiger partial charge >= 0.3 is 5.97 Å². The highest BCUT2D eigenvalue weighted by atomic mass is 16.4. The fourth-order valence-corrected chi connectivity index (χ4v) is 2.78. The van der Waals surface area contributed by atoms with Crippen LogP contribution in [-0.4, -0.2) is 30.8 Å². The van der Waals surface area contributed by atoms with Gasteiger partial charge in [-0.1, -0.05) is 32.9 Å². The van der Waals surface area contributed by atoms with Crippen LogP contribution in [0.15, 0.2) is 48.7 Å². The van der Waals surface area contributed by atoms with E-state index >= 15 is 0 Å². The number of carbonyl (C=O) groups is 1. The molecule has 0 amide bonds. The zero-order valence-corrected chi connectivity index (χ0v) is 16.3. The third kappa shape index (κ3) is 3.74. The predicted octanol–water partition coefficient (Wildman–Crippen LogP) is 3.98. The minimum atomic E-state index is -1.04. The summed E-state index contributed by atoms with van der Waals surface area (Å²) >= 11 is 0. The Morgan fingerprint density at radius 3 is 2.11 bits per heavy atom. The Labute approximate surface area is 158 Å². The summed E-state index contributed by atoms with van der Waals surface area (Å²) in [4.78, 5) is 20.3. The van der Waals surface area contributed by atoms with E-state index in [0.29, 0.717) is 11.5 Å². The fourth-order valence-electron chi connectivity index (χ4n) is 2.78. The van der Waals surface area contributed by atoms with Gasteiger partial charge < -0.3 is 5.11 Å². The van der Waals surface area contributed by atoms with Crippen LogP contribution in [0.25, 0.3) is 5.82 Å². The zero-order valence-electron chi connectivity index (χ0n) is 16.3. The molecule has 0 aromatic carbocycles. The molecular weight excluding hydrogens is 340 g/mol. The van der Waals surface area contributed by atoms with E-state index in [0.717, 1.165) is 11.4 Å². The van der Waals surface area contributed by atoms with Crippen LogP contribution >= 0.6 is 0 Å². The summed E-state index contributed by atoms with van der Waals surface area (Å²) < 4.78 is 1.77. The number of carboxylic acids is 1. The van der Waals surface area contributed by atoms with E-state index < -0.39 is 11.4 Å². The molecule has 0 spiro atoms. The average molecular weight is 364 g/mol. The standard InChI is InChI=1S/C21H24N4O2/c1-20(2,3)15-12-13-25(24-15)18-11-7-10-17(23-18)21(4,5)16-9-6-8-14(22-16)19(26)27/h6-13H,1-5H3,(H,26,27). The van der Waals surface area contributed by atoms with Crippen molar-refractivity contribution in [1.29, 1.82) is 0 Å². The monoisotopic (exact) mass is 364 g/mol. The Bertz CT molecular complexity index is 984. The van der Waals surface area contributed by atoms with E-state index in [1.54, 1.807) is 10.7 Å². The second kappa shape index (κ2) is 6.61. The van der Waals surface area contributed by atoms with Crippen LogP contribution in [0.1, 0.15) is 62.2 Å². The first-order valence-electron chi connectivity index (χ1n) is 8.84. The predicted molar refractivity (Wildman–Crippen MR) is 103 cm³/mol. The minimum Gasteiger partial charge on any atom is -0.477 e. The molecular formula is C21H24N4O2. The van der Waals surface area contributed by atoms with E-state index in [4.69, 9.17) is 4.98 Å². The topological polar surface area (TPSA) is 80.9 Å². The molecule has 3 rings (SSSR count). The second-order valence-corrected chi connectivity index (χ2v) is 8.11. The molecule has 0 fully saturated rings. The number of hydrogen-bond acceptors (Lipinski definition) is 4. The number of aromatic nitrogens is 4. The first kappa shape index (κ1) is 18.8. The molecule has 0 saturated carbocycles. The molecule has 27 heavy (non-hydrogen) atoms. The normalized spacial score (nSPS) is 12.2. The van der Waals surface area contributed by atoms with Gasteiger partial charge in [-0.15, -0.1) is 0 Å². The number of hydrogen-bond donors (Lipinski definition) is 1. The third-order valence-electron chi connectivity index (χ3n) is 4.58. The first-order chi connectivity index (χ1) is 12.6. The number of carboxylic acid groups (broad SMARTS) is 1. The summed E-state index contributed by atoms with van der Waals surface area (Å²) in [6.07, 6.45) is 1.91. The molecule has 3 aromatic heterocycles. The molecule has 0 unspecified atom stereocenters. The van der Waals surface area contributed by atoms with Crippen LogP contribution in [0.4, 0.5) is 0 Å². The summed E-state index contributed by atoms with van der Waals surface area (Å²) in [5, 5.41) is 13.9. The Morgan fingerprint density at radius 2 is 1.52 bits per heavy atom. The summed E-state index contributed by atoms with van der Waals surface area (Å²) in [6, 6.07) is 12.8. The highest BCUT2D eigenvalue weighted by molar-refractivity contribution is 5.85. The van der Waals surface area contributed by atoms with Gasteiger partial charge in [0.2, 0.25) is 0 Å². The lowest BCUT2D eigenvalue weighted by atomic mass is 9.84. The van der Waals surface area contributed by atoms with E-state index in [-0.39, 0.29) is 11.1 Å². The van der Waals surface area contributed by atoms with Crippen molar-refractivity contribution in [2.75, 3.05) is 0 Å². The molecule has 140 valence electrons.